The maximum atomic E-state index is 11.6. The van der Waals surface area contributed by atoms with Crippen molar-refractivity contribution in [2.45, 2.75) is 6.42 Å². The smallest absolute Gasteiger partial charge is 0.337 e. The van der Waals surface area contributed by atoms with Crippen LogP contribution in [0.1, 0.15) is 16.2 Å². The fraction of sp³-hybridized carbons (Fsp3) is 0.100. The number of amides is 1. The van der Waals surface area contributed by atoms with E-state index in [4.69, 9.17) is 5.11 Å². The molecule has 0 atom stereocenters. The number of para-hydroxylation sites is 1. The third kappa shape index (κ3) is 2.67. The molecule has 8 heteroatoms. The number of aromatic nitrogens is 4. The van der Waals surface area contributed by atoms with Gasteiger partial charge in [-0.2, -0.15) is 5.21 Å². The molecule has 1 aromatic carbocycles. The summed E-state index contributed by atoms with van der Waals surface area (Å²) >= 11 is 0. The lowest BCUT2D eigenvalue weighted by molar-refractivity contribution is -0.115. The van der Waals surface area contributed by atoms with Crippen LogP contribution in [0.2, 0.25) is 0 Å². The molecule has 0 aliphatic carbocycles. The molecule has 0 radical (unpaired) electrons. The van der Waals surface area contributed by atoms with Gasteiger partial charge in [0.1, 0.15) is 0 Å². The van der Waals surface area contributed by atoms with Crippen LogP contribution in [0.5, 0.6) is 0 Å². The second-order valence-corrected chi connectivity index (χ2v) is 3.40. The van der Waals surface area contributed by atoms with E-state index in [1.165, 1.54) is 12.1 Å². The summed E-state index contributed by atoms with van der Waals surface area (Å²) in [7, 11) is 0. The van der Waals surface area contributed by atoms with Crippen LogP contribution < -0.4 is 5.32 Å². The Labute approximate surface area is 101 Å². The zero-order valence-corrected chi connectivity index (χ0v) is 9.12. The number of nitrogens with zero attached hydrogens (tertiary/aromatic N) is 3. The average molecular weight is 247 g/mol. The minimum absolute atomic E-state index is 0.0268. The van der Waals surface area contributed by atoms with Gasteiger partial charge in [0.15, 0.2) is 5.82 Å². The van der Waals surface area contributed by atoms with E-state index in [1.54, 1.807) is 12.1 Å². The van der Waals surface area contributed by atoms with Crippen LogP contribution in [0.15, 0.2) is 24.3 Å². The lowest BCUT2D eigenvalue weighted by atomic mass is 10.2. The fourth-order valence-corrected chi connectivity index (χ4v) is 1.37. The van der Waals surface area contributed by atoms with E-state index in [9.17, 15) is 9.59 Å². The number of tetrazole rings is 1. The second-order valence-electron chi connectivity index (χ2n) is 3.40. The van der Waals surface area contributed by atoms with Gasteiger partial charge < -0.3 is 10.4 Å². The van der Waals surface area contributed by atoms with E-state index in [1.807, 2.05) is 0 Å². The summed E-state index contributed by atoms with van der Waals surface area (Å²) in [6.07, 6.45) is -0.0789. The Kier molecular flexibility index (Phi) is 3.28. The predicted octanol–water partition coefficient (Wildman–Crippen LogP) is 0.0791. The zero-order valence-electron chi connectivity index (χ0n) is 9.12. The highest BCUT2D eigenvalue weighted by Crippen LogP contribution is 2.14. The topological polar surface area (TPSA) is 121 Å². The largest absolute Gasteiger partial charge is 0.478 e. The van der Waals surface area contributed by atoms with E-state index in [2.05, 4.69) is 25.9 Å². The normalized spacial score (nSPS) is 10.0. The molecule has 1 aromatic heterocycles. The van der Waals surface area contributed by atoms with Crippen molar-refractivity contribution in [3.8, 4) is 0 Å². The first-order valence-corrected chi connectivity index (χ1v) is 5.01. The molecule has 2 rings (SSSR count). The molecule has 0 saturated heterocycles. The molecule has 8 nitrogen and oxygen atoms in total. The molecule has 18 heavy (non-hydrogen) atoms. The number of aromatic carboxylic acids is 1. The Morgan fingerprint density at radius 3 is 2.78 bits per heavy atom. The van der Waals surface area contributed by atoms with Gasteiger partial charge in [0, 0.05) is 0 Å². The van der Waals surface area contributed by atoms with Crippen molar-refractivity contribution in [2.75, 3.05) is 5.32 Å². The lowest BCUT2D eigenvalue weighted by Crippen LogP contribution is -2.17. The van der Waals surface area contributed by atoms with Crippen molar-refractivity contribution in [3.05, 3.63) is 35.7 Å². The van der Waals surface area contributed by atoms with Gasteiger partial charge in [0.2, 0.25) is 5.91 Å². The third-order valence-corrected chi connectivity index (χ3v) is 2.14. The molecule has 0 spiro atoms. The maximum absolute atomic E-state index is 11.6. The third-order valence-electron chi connectivity index (χ3n) is 2.14. The van der Waals surface area contributed by atoms with Crippen LogP contribution in [-0.2, 0) is 11.2 Å². The minimum atomic E-state index is -1.11. The minimum Gasteiger partial charge on any atom is -0.478 e. The van der Waals surface area contributed by atoms with Gasteiger partial charge in [-0.1, -0.05) is 17.3 Å². The van der Waals surface area contributed by atoms with Crippen LogP contribution >= 0.6 is 0 Å². The number of hydrogen-bond acceptors (Lipinski definition) is 5. The number of aromatic amines is 1. The summed E-state index contributed by atoms with van der Waals surface area (Å²) in [4.78, 5) is 22.6. The molecule has 0 fully saturated rings. The highest BCUT2D eigenvalue weighted by Gasteiger charge is 2.13. The monoisotopic (exact) mass is 247 g/mol. The molecule has 0 aliphatic rings. The summed E-state index contributed by atoms with van der Waals surface area (Å²) in [5.41, 5.74) is 0.262. The maximum Gasteiger partial charge on any atom is 0.337 e. The van der Waals surface area contributed by atoms with E-state index >= 15 is 0 Å². The first-order chi connectivity index (χ1) is 8.66. The highest BCUT2D eigenvalue weighted by molar-refractivity contribution is 6.00. The van der Waals surface area contributed by atoms with Crippen LogP contribution in [0.3, 0.4) is 0 Å². The van der Waals surface area contributed by atoms with Crippen molar-refractivity contribution in [1.29, 1.82) is 0 Å². The second kappa shape index (κ2) is 5.04. The average Bonchev–Trinajstić information content (AvgIpc) is 2.82. The number of carbonyl (C=O) groups excluding carboxylic acids is 1. The number of H-pyrrole nitrogens is 1. The lowest BCUT2D eigenvalue weighted by Gasteiger charge is -2.06. The van der Waals surface area contributed by atoms with Gasteiger partial charge in [0.05, 0.1) is 17.7 Å². The Morgan fingerprint density at radius 2 is 2.11 bits per heavy atom. The number of carboxylic acid groups (broad SMARTS) is 1. The Morgan fingerprint density at radius 1 is 1.33 bits per heavy atom. The van der Waals surface area contributed by atoms with Gasteiger partial charge in [0.25, 0.3) is 0 Å². The van der Waals surface area contributed by atoms with Gasteiger partial charge in [-0.3, -0.25) is 4.79 Å². The van der Waals surface area contributed by atoms with E-state index in [-0.39, 0.29) is 23.5 Å². The number of rotatable bonds is 4. The summed E-state index contributed by atoms with van der Waals surface area (Å²) in [6, 6.07) is 6.14. The quantitative estimate of drug-likeness (QED) is 0.703. The van der Waals surface area contributed by atoms with Crippen LogP contribution in [0.25, 0.3) is 0 Å². The Balaban J connectivity index is 2.09. The van der Waals surface area contributed by atoms with Crippen molar-refractivity contribution < 1.29 is 14.7 Å². The van der Waals surface area contributed by atoms with Gasteiger partial charge in [-0.05, 0) is 12.1 Å². The Bertz CT molecular complexity index is 567. The summed E-state index contributed by atoms with van der Waals surface area (Å²) < 4.78 is 0. The van der Waals surface area contributed by atoms with Crippen molar-refractivity contribution in [1.82, 2.24) is 20.6 Å². The van der Waals surface area contributed by atoms with Crippen LogP contribution in [0.4, 0.5) is 5.69 Å². The number of anilines is 1. The SMILES string of the molecule is O=C(Cc1nn[nH]n1)Nc1ccccc1C(=O)O. The number of carbonyl (C=O) groups is 2. The molecule has 0 unspecified atom stereocenters. The fourth-order valence-electron chi connectivity index (χ4n) is 1.37. The molecule has 0 bridgehead atoms. The highest BCUT2D eigenvalue weighted by atomic mass is 16.4. The number of benzene rings is 1. The summed E-state index contributed by atoms with van der Waals surface area (Å²) in [5.74, 6) is -1.28. The van der Waals surface area contributed by atoms with Gasteiger partial charge in [-0.25, -0.2) is 4.79 Å². The van der Waals surface area contributed by atoms with Gasteiger partial charge >= 0.3 is 5.97 Å². The molecular formula is C10H9N5O3. The van der Waals surface area contributed by atoms with Crippen molar-refractivity contribution in [2.24, 2.45) is 0 Å². The standard InChI is InChI=1S/C10H9N5O3/c16-9(5-8-12-14-15-13-8)11-7-4-2-1-3-6(7)10(17)18/h1-4H,5H2,(H,11,16)(H,17,18)(H,12,13,14,15). The molecule has 92 valence electrons. The predicted molar refractivity (Wildman–Crippen MR) is 59.9 cm³/mol. The first-order valence-electron chi connectivity index (χ1n) is 5.01. The van der Waals surface area contributed by atoms with Crippen molar-refractivity contribution >= 4 is 17.6 Å². The van der Waals surface area contributed by atoms with Crippen LogP contribution in [0, 0.1) is 0 Å². The molecule has 2 aromatic rings. The van der Waals surface area contributed by atoms with Gasteiger partial charge in [-0.15, -0.1) is 10.2 Å². The van der Waals surface area contributed by atoms with E-state index < -0.39 is 11.9 Å². The molecule has 1 heterocycles. The number of hydrogen-bond donors (Lipinski definition) is 3. The Hall–Kier alpha value is -2.77. The van der Waals surface area contributed by atoms with Crippen LogP contribution in [-0.4, -0.2) is 37.6 Å². The van der Waals surface area contributed by atoms with E-state index in [0.29, 0.717) is 0 Å². The number of nitrogens with one attached hydrogen (secondary N) is 2. The zero-order chi connectivity index (χ0) is 13.0. The molecular weight excluding hydrogens is 238 g/mol. The molecule has 0 aliphatic heterocycles. The molecule has 0 saturated carbocycles. The molecule has 3 N–H and O–H groups in total. The van der Waals surface area contributed by atoms with Crippen molar-refractivity contribution in [3.63, 3.8) is 0 Å². The van der Waals surface area contributed by atoms with E-state index in [0.717, 1.165) is 0 Å². The summed E-state index contributed by atoms with van der Waals surface area (Å²) in [5, 5.41) is 24.2. The molecule has 1 amide bonds. The number of carboxylic acids is 1. The summed E-state index contributed by atoms with van der Waals surface area (Å²) in [6.45, 7) is 0. The first kappa shape index (κ1) is 11.7.